The van der Waals surface area contributed by atoms with Gasteiger partial charge < -0.3 is 4.57 Å². The van der Waals surface area contributed by atoms with Gasteiger partial charge in [0.05, 0.1) is 27.6 Å². The van der Waals surface area contributed by atoms with Crippen molar-refractivity contribution in [1.29, 1.82) is 0 Å². The minimum Gasteiger partial charge on any atom is -0.309 e. The number of para-hydroxylation sites is 2. The van der Waals surface area contributed by atoms with Gasteiger partial charge in [0, 0.05) is 38.2 Å². The van der Waals surface area contributed by atoms with Gasteiger partial charge in [-0.2, -0.15) is 0 Å². The van der Waals surface area contributed by atoms with Crippen molar-refractivity contribution >= 4 is 70.9 Å². The second-order valence-corrected chi connectivity index (χ2v) is 13.6. The third-order valence-corrected chi connectivity index (χ3v) is 10.8. The normalized spacial score (nSPS) is 13.9. The van der Waals surface area contributed by atoms with Crippen LogP contribution in [-0.4, -0.2) is 14.0 Å². The highest BCUT2D eigenvalue weighted by atomic mass is 15.0. The second kappa shape index (κ2) is 8.65. The third-order valence-electron chi connectivity index (χ3n) is 10.8. The van der Waals surface area contributed by atoms with Gasteiger partial charge in [-0.1, -0.05) is 117 Å². The van der Waals surface area contributed by atoms with E-state index in [1.54, 1.807) is 0 Å². The first-order valence-corrected chi connectivity index (χ1v) is 16.4. The SMILES string of the molecule is CC1(C)c2ccccc2-c2c3c1cccc3cc1c2c2ccccc2n1-c1ccc2nc3c4ccccc4c4ccccc4n3c2c1. The zero-order chi connectivity index (χ0) is 31.0. The number of nitrogens with zero attached hydrogens (tertiary/aromatic N) is 3. The molecule has 3 aromatic heterocycles. The van der Waals surface area contributed by atoms with Crippen LogP contribution in [0.1, 0.15) is 25.0 Å². The average Bonchev–Trinajstić information content (AvgIpc) is 3.66. The van der Waals surface area contributed by atoms with Crippen LogP contribution in [-0.2, 0) is 5.41 Å². The van der Waals surface area contributed by atoms with Crippen LogP contribution in [0.3, 0.4) is 0 Å². The van der Waals surface area contributed by atoms with E-state index in [4.69, 9.17) is 4.98 Å². The molecule has 0 N–H and O–H groups in total. The van der Waals surface area contributed by atoms with Crippen LogP contribution >= 0.6 is 0 Å². The zero-order valence-corrected chi connectivity index (χ0v) is 26.1. The Morgan fingerprint density at radius 2 is 1.21 bits per heavy atom. The lowest BCUT2D eigenvalue weighted by Gasteiger charge is -2.35. The van der Waals surface area contributed by atoms with Crippen molar-refractivity contribution in [3.8, 4) is 16.8 Å². The lowest BCUT2D eigenvalue weighted by Crippen LogP contribution is -2.23. The van der Waals surface area contributed by atoms with Gasteiger partial charge >= 0.3 is 0 Å². The maximum absolute atomic E-state index is 5.22. The number of aromatic nitrogens is 3. The molecule has 10 aromatic rings. The topological polar surface area (TPSA) is 22.2 Å². The van der Waals surface area contributed by atoms with E-state index in [9.17, 15) is 0 Å². The molecule has 1 aliphatic carbocycles. The van der Waals surface area contributed by atoms with E-state index in [0.29, 0.717) is 0 Å². The van der Waals surface area contributed by atoms with Gasteiger partial charge in [0.25, 0.3) is 0 Å². The first kappa shape index (κ1) is 25.3. The molecular formula is C44H29N3. The van der Waals surface area contributed by atoms with Gasteiger partial charge in [-0.3, -0.25) is 4.40 Å². The number of fused-ring (bicyclic) bond motifs is 14. The van der Waals surface area contributed by atoms with Crippen molar-refractivity contribution in [1.82, 2.24) is 14.0 Å². The fourth-order valence-corrected chi connectivity index (χ4v) is 8.80. The van der Waals surface area contributed by atoms with E-state index >= 15 is 0 Å². The molecule has 3 nitrogen and oxygen atoms in total. The number of benzene rings is 7. The highest BCUT2D eigenvalue weighted by molar-refractivity contribution is 6.25. The fraction of sp³-hybridized carbons (Fsp3) is 0.0682. The molecule has 0 radical (unpaired) electrons. The molecule has 47 heavy (non-hydrogen) atoms. The molecule has 7 aromatic carbocycles. The van der Waals surface area contributed by atoms with E-state index in [0.717, 1.165) is 22.4 Å². The van der Waals surface area contributed by atoms with Gasteiger partial charge in [-0.25, -0.2) is 4.98 Å². The van der Waals surface area contributed by atoms with Crippen LogP contribution in [0.15, 0.2) is 140 Å². The first-order chi connectivity index (χ1) is 23.1. The summed E-state index contributed by atoms with van der Waals surface area (Å²) in [7, 11) is 0. The summed E-state index contributed by atoms with van der Waals surface area (Å²) in [5.41, 5.74) is 13.2. The van der Waals surface area contributed by atoms with Crippen molar-refractivity contribution in [3.63, 3.8) is 0 Å². The van der Waals surface area contributed by atoms with Crippen molar-refractivity contribution < 1.29 is 0 Å². The van der Waals surface area contributed by atoms with Crippen molar-refractivity contribution in [2.75, 3.05) is 0 Å². The fourth-order valence-electron chi connectivity index (χ4n) is 8.80. The van der Waals surface area contributed by atoms with Gasteiger partial charge in [-0.15, -0.1) is 0 Å². The summed E-state index contributed by atoms with van der Waals surface area (Å²) in [6.07, 6.45) is 0. The quantitative estimate of drug-likeness (QED) is 0.172. The molecule has 0 fully saturated rings. The van der Waals surface area contributed by atoms with Crippen LogP contribution in [0.4, 0.5) is 0 Å². The molecule has 0 unspecified atom stereocenters. The Bertz CT molecular complexity index is 2990. The number of hydrogen-bond donors (Lipinski definition) is 0. The van der Waals surface area contributed by atoms with Crippen molar-refractivity contribution in [2.24, 2.45) is 0 Å². The Morgan fingerprint density at radius 1 is 0.511 bits per heavy atom. The van der Waals surface area contributed by atoms with Gasteiger partial charge in [0.2, 0.25) is 0 Å². The molecule has 0 atom stereocenters. The monoisotopic (exact) mass is 599 g/mol. The Morgan fingerprint density at radius 3 is 2.09 bits per heavy atom. The van der Waals surface area contributed by atoms with Gasteiger partial charge in [0.15, 0.2) is 0 Å². The molecule has 3 heterocycles. The van der Waals surface area contributed by atoms with Crippen LogP contribution in [0.5, 0.6) is 0 Å². The Labute approximate surface area is 270 Å². The van der Waals surface area contributed by atoms with Crippen LogP contribution in [0.2, 0.25) is 0 Å². The van der Waals surface area contributed by atoms with Crippen molar-refractivity contribution in [3.05, 3.63) is 151 Å². The van der Waals surface area contributed by atoms with E-state index in [1.165, 1.54) is 76.5 Å². The predicted octanol–water partition coefficient (Wildman–Crippen LogP) is 11.4. The molecule has 0 saturated carbocycles. The lowest BCUT2D eigenvalue weighted by molar-refractivity contribution is 0.645. The maximum Gasteiger partial charge on any atom is 0.146 e. The smallest absolute Gasteiger partial charge is 0.146 e. The molecule has 3 heteroatoms. The van der Waals surface area contributed by atoms with Crippen LogP contribution < -0.4 is 0 Å². The molecule has 0 saturated heterocycles. The largest absolute Gasteiger partial charge is 0.309 e. The van der Waals surface area contributed by atoms with Crippen LogP contribution in [0.25, 0.3) is 87.7 Å². The number of hydrogen-bond acceptors (Lipinski definition) is 1. The Kier molecular flexibility index (Phi) is 4.66. The molecule has 0 spiro atoms. The second-order valence-electron chi connectivity index (χ2n) is 13.6. The highest BCUT2D eigenvalue weighted by Gasteiger charge is 2.35. The third kappa shape index (κ3) is 3.09. The molecule has 0 aliphatic heterocycles. The minimum atomic E-state index is -0.0871. The summed E-state index contributed by atoms with van der Waals surface area (Å²) in [5, 5.41) is 8.89. The summed E-state index contributed by atoms with van der Waals surface area (Å²) in [5.74, 6) is 0. The Hall–Kier alpha value is -5.93. The average molecular weight is 600 g/mol. The molecule has 0 bridgehead atoms. The van der Waals surface area contributed by atoms with Crippen molar-refractivity contribution in [2.45, 2.75) is 19.3 Å². The molecule has 220 valence electrons. The maximum atomic E-state index is 5.22. The molecular weight excluding hydrogens is 571 g/mol. The summed E-state index contributed by atoms with van der Waals surface area (Å²) in [6.45, 7) is 4.74. The summed E-state index contributed by atoms with van der Waals surface area (Å²) in [6, 6.07) is 51.3. The Balaban J connectivity index is 1.31. The predicted molar refractivity (Wildman–Crippen MR) is 197 cm³/mol. The zero-order valence-electron chi connectivity index (χ0n) is 26.1. The number of pyridine rings is 1. The van der Waals surface area contributed by atoms with Crippen LogP contribution in [0, 0.1) is 0 Å². The van der Waals surface area contributed by atoms with E-state index in [-0.39, 0.29) is 5.41 Å². The molecule has 11 rings (SSSR count). The first-order valence-electron chi connectivity index (χ1n) is 16.4. The summed E-state index contributed by atoms with van der Waals surface area (Å²) < 4.78 is 4.83. The number of rotatable bonds is 1. The lowest BCUT2D eigenvalue weighted by atomic mass is 9.68. The van der Waals surface area contributed by atoms with E-state index < -0.39 is 0 Å². The minimum absolute atomic E-state index is 0.0871. The standard InChI is InChI=1S/C44H29N3/c1-44(2)33-18-8-5-16-31(33)42-40-26(12-11-19-34(40)44)24-39-41(42)32-17-7-10-21-37(32)46(39)27-22-23-35-38(25-27)47-36-20-9-6-14-29(36)28-13-3-4-15-30(28)43(47)45-35/h3-25H,1-2H3. The van der Waals surface area contributed by atoms with E-state index in [2.05, 4.69) is 162 Å². The summed E-state index contributed by atoms with van der Waals surface area (Å²) in [4.78, 5) is 5.22. The van der Waals surface area contributed by atoms with E-state index in [1.807, 2.05) is 0 Å². The van der Waals surface area contributed by atoms with Gasteiger partial charge in [0.1, 0.15) is 5.65 Å². The number of imidazole rings is 1. The molecule has 0 amide bonds. The molecule has 1 aliphatic rings. The van der Waals surface area contributed by atoms with Gasteiger partial charge in [-0.05, 0) is 69.2 Å². The summed E-state index contributed by atoms with van der Waals surface area (Å²) >= 11 is 0. The highest BCUT2D eigenvalue weighted by Crippen LogP contribution is 2.53.